The van der Waals surface area contributed by atoms with E-state index in [1.807, 2.05) is 54.0 Å². The number of imidazole rings is 1. The van der Waals surface area contributed by atoms with Crippen LogP contribution in [0.5, 0.6) is 0 Å². The molecule has 0 saturated carbocycles. The average molecular weight is 394 g/mol. The van der Waals surface area contributed by atoms with E-state index in [2.05, 4.69) is 15.4 Å². The predicted octanol–water partition coefficient (Wildman–Crippen LogP) is 1.75. The van der Waals surface area contributed by atoms with Gasteiger partial charge in [-0.15, -0.1) is 0 Å². The zero-order valence-corrected chi connectivity index (χ0v) is 17.0. The number of aromatic nitrogens is 2. The number of aryl methyl sites for hydroxylation is 1. The molecule has 29 heavy (non-hydrogen) atoms. The maximum Gasteiger partial charge on any atom is 0.253 e. The fraction of sp³-hybridized carbons (Fsp3) is 0.429. The molecule has 0 aliphatic carbocycles. The Morgan fingerprint density at radius 1 is 1.17 bits per heavy atom. The predicted molar refractivity (Wildman–Crippen MR) is 111 cm³/mol. The molecule has 3 heterocycles. The summed E-state index contributed by atoms with van der Waals surface area (Å²) in [5.74, 6) is 0.694. The SMILES string of the molecule is CC(=O)N[C@@H]1CN(C(=O)c2ccc(N3CCC(C)=N3)cc2)C[C@H]1c1nccn1C. The Hall–Kier alpha value is -3.16. The van der Waals surface area contributed by atoms with Crippen molar-refractivity contribution in [1.82, 2.24) is 19.8 Å². The highest BCUT2D eigenvalue weighted by Crippen LogP contribution is 2.28. The number of anilines is 1. The first kappa shape index (κ1) is 19.2. The fourth-order valence-electron chi connectivity index (χ4n) is 4.09. The second-order valence-corrected chi connectivity index (χ2v) is 7.78. The molecule has 0 unspecified atom stereocenters. The largest absolute Gasteiger partial charge is 0.351 e. The third-order valence-corrected chi connectivity index (χ3v) is 5.57. The van der Waals surface area contributed by atoms with Gasteiger partial charge in [0.1, 0.15) is 5.82 Å². The number of likely N-dealkylation sites (tertiary alicyclic amines) is 1. The normalized spacial score (nSPS) is 21.4. The van der Waals surface area contributed by atoms with Crippen LogP contribution in [0.25, 0.3) is 0 Å². The molecule has 4 rings (SSSR count). The number of rotatable bonds is 4. The Bertz CT molecular complexity index is 948. The monoisotopic (exact) mass is 394 g/mol. The Kier molecular flexibility index (Phi) is 5.08. The molecule has 2 amide bonds. The minimum absolute atomic E-state index is 0.0373. The Morgan fingerprint density at radius 3 is 2.52 bits per heavy atom. The molecule has 8 nitrogen and oxygen atoms in total. The van der Waals surface area contributed by atoms with Crippen molar-refractivity contribution in [3.05, 3.63) is 48.0 Å². The van der Waals surface area contributed by atoms with Gasteiger partial charge in [0.05, 0.1) is 17.6 Å². The summed E-state index contributed by atoms with van der Waals surface area (Å²) in [5, 5.41) is 9.45. The van der Waals surface area contributed by atoms with Gasteiger partial charge in [-0.05, 0) is 31.2 Å². The number of benzene rings is 1. The number of carbonyl (C=O) groups is 2. The molecular formula is C21H26N6O2. The van der Waals surface area contributed by atoms with Crippen molar-refractivity contribution in [3.8, 4) is 0 Å². The van der Waals surface area contributed by atoms with Crippen LogP contribution in [0, 0.1) is 0 Å². The second kappa shape index (κ2) is 7.69. The van der Waals surface area contributed by atoms with E-state index >= 15 is 0 Å². The summed E-state index contributed by atoms with van der Waals surface area (Å²) in [4.78, 5) is 31.0. The van der Waals surface area contributed by atoms with Crippen molar-refractivity contribution in [2.75, 3.05) is 24.6 Å². The van der Waals surface area contributed by atoms with E-state index in [1.165, 1.54) is 6.92 Å². The minimum Gasteiger partial charge on any atom is -0.351 e. The standard InChI is InChI=1S/C21H26N6O2/c1-14-8-10-27(24-14)17-6-4-16(5-7-17)21(29)26-12-18(19(13-26)23-15(2)28)20-22-9-11-25(20)3/h4-7,9,11,18-19H,8,10,12-13H2,1-3H3,(H,23,28)/t18-,19-/m1/s1. The quantitative estimate of drug-likeness (QED) is 0.857. The van der Waals surface area contributed by atoms with Crippen LogP contribution < -0.4 is 10.3 Å². The zero-order chi connectivity index (χ0) is 20.5. The van der Waals surface area contributed by atoms with Crippen molar-refractivity contribution in [2.45, 2.75) is 32.2 Å². The Labute approximate surface area is 170 Å². The number of carbonyl (C=O) groups excluding carboxylic acids is 2. The minimum atomic E-state index is -0.154. The van der Waals surface area contributed by atoms with E-state index in [-0.39, 0.29) is 23.8 Å². The molecular weight excluding hydrogens is 368 g/mol. The summed E-state index contributed by atoms with van der Waals surface area (Å²) in [5.41, 5.74) is 2.74. The first-order valence-corrected chi connectivity index (χ1v) is 9.87. The van der Waals surface area contributed by atoms with Gasteiger partial charge in [0.25, 0.3) is 5.91 Å². The van der Waals surface area contributed by atoms with Gasteiger partial charge in [-0.3, -0.25) is 14.6 Å². The van der Waals surface area contributed by atoms with Gasteiger partial charge in [-0.1, -0.05) is 0 Å². The first-order chi connectivity index (χ1) is 13.9. The van der Waals surface area contributed by atoms with Crippen molar-refractivity contribution >= 4 is 23.2 Å². The third kappa shape index (κ3) is 3.87. The smallest absolute Gasteiger partial charge is 0.253 e. The number of hydrazone groups is 1. The van der Waals surface area contributed by atoms with Crippen molar-refractivity contribution < 1.29 is 9.59 Å². The van der Waals surface area contributed by atoms with E-state index in [1.54, 1.807) is 11.1 Å². The average Bonchev–Trinajstić information content (AvgIpc) is 3.41. The molecule has 1 N–H and O–H groups in total. The molecule has 0 radical (unpaired) electrons. The molecule has 1 fully saturated rings. The van der Waals surface area contributed by atoms with Gasteiger partial charge in [0.2, 0.25) is 5.91 Å². The lowest BCUT2D eigenvalue weighted by Crippen LogP contribution is -2.39. The molecule has 8 heteroatoms. The topological polar surface area (TPSA) is 82.8 Å². The second-order valence-electron chi connectivity index (χ2n) is 7.78. The summed E-state index contributed by atoms with van der Waals surface area (Å²) in [6.45, 7) is 5.38. The van der Waals surface area contributed by atoms with Crippen LogP contribution in [0.3, 0.4) is 0 Å². The molecule has 1 aromatic heterocycles. The lowest BCUT2D eigenvalue weighted by atomic mass is 10.0. The van der Waals surface area contributed by atoms with Crippen LogP contribution in [0.2, 0.25) is 0 Å². The number of nitrogens with one attached hydrogen (secondary N) is 1. The summed E-state index contributed by atoms with van der Waals surface area (Å²) < 4.78 is 1.95. The van der Waals surface area contributed by atoms with Crippen LogP contribution in [0.4, 0.5) is 5.69 Å². The molecule has 0 bridgehead atoms. The summed E-state index contributed by atoms with van der Waals surface area (Å²) in [7, 11) is 1.93. The highest BCUT2D eigenvalue weighted by molar-refractivity contribution is 5.95. The highest BCUT2D eigenvalue weighted by atomic mass is 16.2. The number of hydrogen-bond donors (Lipinski definition) is 1. The van der Waals surface area contributed by atoms with E-state index in [0.717, 1.165) is 30.2 Å². The lowest BCUT2D eigenvalue weighted by Gasteiger charge is -2.18. The van der Waals surface area contributed by atoms with Gasteiger partial charge in [0, 0.05) is 63.7 Å². The van der Waals surface area contributed by atoms with E-state index in [0.29, 0.717) is 18.7 Å². The number of hydrogen-bond acceptors (Lipinski definition) is 5. The van der Waals surface area contributed by atoms with Crippen molar-refractivity contribution in [1.29, 1.82) is 0 Å². The molecule has 152 valence electrons. The fourth-order valence-corrected chi connectivity index (χ4v) is 4.09. The van der Waals surface area contributed by atoms with E-state index in [9.17, 15) is 9.59 Å². The Morgan fingerprint density at radius 2 is 1.93 bits per heavy atom. The van der Waals surface area contributed by atoms with Gasteiger partial charge in [-0.2, -0.15) is 5.10 Å². The lowest BCUT2D eigenvalue weighted by molar-refractivity contribution is -0.119. The van der Waals surface area contributed by atoms with Gasteiger partial charge in [0.15, 0.2) is 0 Å². The van der Waals surface area contributed by atoms with E-state index < -0.39 is 0 Å². The summed E-state index contributed by atoms with van der Waals surface area (Å²) >= 11 is 0. The molecule has 2 aliphatic rings. The van der Waals surface area contributed by atoms with Gasteiger partial charge in [-0.25, -0.2) is 4.98 Å². The van der Waals surface area contributed by atoms with Crippen molar-refractivity contribution in [2.24, 2.45) is 12.1 Å². The third-order valence-electron chi connectivity index (χ3n) is 5.57. The van der Waals surface area contributed by atoms with Gasteiger partial charge < -0.3 is 14.8 Å². The van der Waals surface area contributed by atoms with Crippen LogP contribution in [-0.4, -0.2) is 57.7 Å². The van der Waals surface area contributed by atoms with Crippen molar-refractivity contribution in [3.63, 3.8) is 0 Å². The molecule has 2 atom stereocenters. The zero-order valence-electron chi connectivity index (χ0n) is 17.0. The van der Waals surface area contributed by atoms with Crippen LogP contribution in [0.15, 0.2) is 41.8 Å². The molecule has 2 aliphatic heterocycles. The summed E-state index contributed by atoms with van der Waals surface area (Å²) in [6.07, 6.45) is 4.59. The highest BCUT2D eigenvalue weighted by Gasteiger charge is 2.39. The molecule has 2 aromatic rings. The number of nitrogens with zero attached hydrogens (tertiary/aromatic N) is 5. The molecule has 1 saturated heterocycles. The van der Waals surface area contributed by atoms with Crippen LogP contribution in [-0.2, 0) is 11.8 Å². The van der Waals surface area contributed by atoms with E-state index in [4.69, 9.17) is 0 Å². The summed E-state index contributed by atoms with van der Waals surface area (Å²) in [6, 6.07) is 7.42. The first-order valence-electron chi connectivity index (χ1n) is 9.87. The maximum atomic E-state index is 13.1. The van der Waals surface area contributed by atoms with Crippen LogP contribution >= 0.6 is 0 Å². The van der Waals surface area contributed by atoms with Gasteiger partial charge >= 0.3 is 0 Å². The number of amides is 2. The molecule has 0 spiro atoms. The van der Waals surface area contributed by atoms with Crippen LogP contribution in [0.1, 0.15) is 42.4 Å². The Balaban J connectivity index is 1.51. The molecule has 1 aromatic carbocycles. The maximum absolute atomic E-state index is 13.1.